The van der Waals surface area contributed by atoms with Gasteiger partial charge in [-0.1, -0.05) is 24.8 Å². The number of hydrogen-bond acceptors (Lipinski definition) is 3. The molecule has 0 spiro atoms. The van der Waals surface area contributed by atoms with Crippen LogP contribution in [0.3, 0.4) is 0 Å². The van der Waals surface area contributed by atoms with Gasteiger partial charge in [0.05, 0.1) is 11.1 Å². The lowest BCUT2D eigenvalue weighted by Crippen LogP contribution is -2.11. The van der Waals surface area contributed by atoms with Crippen LogP contribution in [-0.2, 0) is 4.79 Å². The van der Waals surface area contributed by atoms with Crippen LogP contribution in [0.2, 0.25) is 0 Å². The van der Waals surface area contributed by atoms with E-state index in [1.807, 2.05) is 12.3 Å². The lowest BCUT2D eigenvalue weighted by Gasteiger charge is -2.22. The number of aromatic nitrogens is 3. The van der Waals surface area contributed by atoms with E-state index in [9.17, 15) is 9.18 Å². The van der Waals surface area contributed by atoms with Gasteiger partial charge < -0.3 is 4.98 Å². The molecule has 3 aromatic rings. The van der Waals surface area contributed by atoms with Crippen LogP contribution in [0.4, 0.5) is 4.39 Å². The van der Waals surface area contributed by atoms with Crippen molar-refractivity contribution in [2.45, 2.75) is 25.7 Å². The standard InChI is InChI=1S/C22H20FN3O/c1-2-18(27)10-14-5-3-7-16(9-14)21-20-19(12-24-22(20)26-13-25-21)15-6-4-8-17(23)11-15/h2,4,6-8,11-14H,1,3,5,9-10H2,(H,24,25,26). The molecule has 0 aliphatic heterocycles. The maximum absolute atomic E-state index is 13.7. The summed E-state index contributed by atoms with van der Waals surface area (Å²) in [7, 11) is 0. The third-order valence-electron chi connectivity index (χ3n) is 5.10. The van der Waals surface area contributed by atoms with Gasteiger partial charge in [0.1, 0.15) is 17.8 Å². The number of H-pyrrole nitrogens is 1. The smallest absolute Gasteiger partial charge is 0.155 e. The molecule has 1 unspecified atom stereocenters. The fourth-order valence-electron chi connectivity index (χ4n) is 3.82. The maximum Gasteiger partial charge on any atom is 0.155 e. The highest BCUT2D eigenvalue weighted by molar-refractivity contribution is 6.00. The molecule has 1 N–H and O–H groups in total. The summed E-state index contributed by atoms with van der Waals surface area (Å²) in [6.07, 6.45) is 10.2. The summed E-state index contributed by atoms with van der Waals surface area (Å²) in [6.45, 7) is 3.57. The highest BCUT2D eigenvalue weighted by atomic mass is 19.1. The number of carbonyl (C=O) groups excluding carboxylic acids is 1. The number of hydrogen-bond donors (Lipinski definition) is 1. The largest absolute Gasteiger partial charge is 0.345 e. The second-order valence-electron chi connectivity index (χ2n) is 6.91. The summed E-state index contributed by atoms with van der Waals surface area (Å²) in [5.74, 6) is 0.0911. The van der Waals surface area contributed by atoms with Crippen LogP contribution in [0.25, 0.3) is 27.7 Å². The normalized spacial score (nSPS) is 16.9. The lowest BCUT2D eigenvalue weighted by molar-refractivity contribution is -0.115. The van der Waals surface area contributed by atoms with Crippen LogP contribution in [0.5, 0.6) is 0 Å². The first-order valence-electron chi connectivity index (χ1n) is 9.08. The number of fused-ring (bicyclic) bond motifs is 1. The Morgan fingerprint density at radius 1 is 1.37 bits per heavy atom. The highest BCUT2D eigenvalue weighted by Gasteiger charge is 2.22. The van der Waals surface area contributed by atoms with Crippen molar-refractivity contribution in [2.24, 2.45) is 5.92 Å². The molecule has 1 aliphatic carbocycles. The lowest BCUT2D eigenvalue weighted by atomic mass is 9.83. The average molecular weight is 361 g/mol. The van der Waals surface area contributed by atoms with Gasteiger partial charge in [-0.2, -0.15) is 0 Å². The molecule has 0 amide bonds. The van der Waals surface area contributed by atoms with Crippen molar-refractivity contribution in [1.29, 1.82) is 0 Å². The van der Waals surface area contributed by atoms with E-state index in [1.165, 1.54) is 18.2 Å². The Bertz CT molecular complexity index is 1050. The van der Waals surface area contributed by atoms with Crippen molar-refractivity contribution in [3.05, 3.63) is 67.0 Å². The Balaban J connectivity index is 1.76. The van der Waals surface area contributed by atoms with E-state index in [4.69, 9.17) is 0 Å². The Morgan fingerprint density at radius 3 is 3.07 bits per heavy atom. The highest BCUT2D eigenvalue weighted by Crippen LogP contribution is 2.38. The van der Waals surface area contributed by atoms with E-state index in [-0.39, 0.29) is 17.5 Å². The molecule has 27 heavy (non-hydrogen) atoms. The molecule has 2 heterocycles. The SMILES string of the molecule is C=CC(=O)CC1CCC=C(c2ncnc3[nH]cc(-c4cccc(F)c4)c23)C1. The van der Waals surface area contributed by atoms with Gasteiger partial charge in [0.15, 0.2) is 5.78 Å². The van der Waals surface area contributed by atoms with Crippen molar-refractivity contribution in [3.8, 4) is 11.1 Å². The van der Waals surface area contributed by atoms with E-state index in [2.05, 4.69) is 27.6 Å². The van der Waals surface area contributed by atoms with Gasteiger partial charge in [0.2, 0.25) is 0 Å². The summed E-state index contributed by atoms with van der Waals surface area (Å²) in [5, 5.41) is 0.894. The van der Waals surface area contributed by atoms with Gasteiger partial charge in [-0.3, -0.25) is 4.79 Å². The molecule has 1 aliphatic rings. The van der Waals surface area contributed by atoms with E-state index in [0.29, 0.717) is 6.42 Å². The number of nitrogens with one attached hydrogen (secondary N) is 1. The molecule has 5 heteroatoms. The van der Waals surface area contributed by atoms with Crippen LogP contribution in [0.15, 0.2) is 55.5 Å². The monoisotopic (exact) mass is 361 g/mol. The molecule has 136 valence electrons. The van der Waals surface area contributed by atoms with Gasteiger partial charge in [-0.05, 0) is 54.5 Å². The molecular weight excluding hydrogens is 341 g/mol. The minimum absolute atomic E-state index is 0.0798. The van der Waals surface area contributed by atoms with Gasteiger partial charge in [-0.25, -0.2) is 14.4 Å². The molecule has 4 nitrogen and oxygen atoms in total. The van der Waals surface area contributed by atoms with Gasteiger partial charge in [-0.15, -0.1) is 0 Å². The Labute approximate surface area is 156 Å². The Kier molecular flexibility index (Phi) is 4.67. The Morgan fingerprint density at radius 2 is 2.26 bits per heavy atom. The molecule has 0 radical (unpaired) electrons. The molecule has 1 aromatic carbocycles. The summed E-state index contributed by atoms with van der Waals surface area (Å²) in [4.78, 5) is 23.8. The molecule has 0 bridgehead atoms. The molecule has 4 rings (SSSR count). The molecule has 2 aromatic heterocycles. The van der Waals surface area contributed by atoms with Gasteiger partial charge >= 0.3 is 0 Å². The van der Waals surface area contributed by atoms with Crippen LogP contribution < -0.4 is 0 Å². The van der Waals surface area contributed by atoms with Crippen LogP contribution in [0, 0.1) is 11.7 Å². The summed E-state index contributed by atoms with van der Waals surface area (Å²) < 4.78 is 13.7. The number of halogens is 1. The van der Waals surface area contributed by atoms with Crippen LogP contribution in [-0.4, -0.2) is 20.7 Å². The number of aromatic amines is 1. The second kappa shape index (κ2) is 7.27. The molecule has 0 saturated heterocycles. The van der Waals surface area contributed by atoms with Gasteiger partial charge in [0, 0.05) is 18.2 Å². The third-order valence-corrected chi connectivity index (χ3v) is 5.10. The van der Waals surface area contributed by atoms with Crippen molar-refractivity contribution >= 4 is 22.4 Å². The first-order chi connectivity index (χ1) is 13.2. The molecule has 0 saturated carbocycles. The zero-order valence-corrected chi connectivity index (χ0v) is 14.9. The second-order valence-corrected chi connectivity index (χ2v) is 6.91. The zero-order chi connectivity index (χ0) is 18.8. The maximum atomic E-state index is 13.7. The number of ketones is 1. The molecule has 1 atom stereocenters. The van der Waals surface area contributed by atoms with E-state index in [1.54, 1.807) is 12.4 Å². The molecular formula is C22H20FN3O. The number of carbonyl (C=O) groups is 1. The minimum atomic E-state index is -0.278. The number of nitrogens with zero attached hydrogens (tertiary/aromatic N) is 2. The summed E-state index contributed by atoms with van der Waals surface area (Å²) in [5.41, 5.74) is 4.37. The van der Waals surface area contributed by atoms with Crippen LogP contribution in [0.1, 0.15) is 31.4 Å². The first kappa shape index (κ1) is 17.3. The zero-order valence-electron chi connectivity index (χ0n) is 14.9. The summed E-state index contributed by atoms with van der Waals surface area (Å²) in [6, 6.07) is 6.52. The Hall–Kier alpha value is -3.08. The molecule has 0 fully saturated rings. The minimum Gasteiger partial charge on any atom is -0.345 e. The van der Waals surface area contributed by atoms with Crippen molar-refractivity contribution < 1.29 is 9.18 Å². The van der Waals surface area contributed by atoms with E-state index < -0.39 is 0 Å². The first-order valence-corrected chi connectivity index (χ1v) is 9.08. The van der Waals surface area contributed by atoms with Crippen molar-refractivity contribution in [3.63, 3.8) is 0 Å². The fourth-order valence-corrected chi connectivity index (χ4v) is 3.82. The van der Waals surface area contributed by atoms with Crippen molar-refractivity contribution in [1.82, 2.24) is 15.0 Å². The van der Waals surface area contributed by atoms with Crippen molar-refractivity contribution in [2.75, 3.05) is 0 Å². The van der Waals surface area contributed by atoms with E-state index >= 15 is 0 Å². The van der Waals surface area contributed by atoms with E-state index in [0.717, 1.165) is 52.7 Å². The third kappa shape index (κ3) is 3.45. The predicted octanol–water partition coefficient (Wildman–Crippen LogP) is 5.09. The number of allylic oxidation sites excluding steroid dienone is 3. The van der Waals surface area contributed by atoms with Crippen LogP contribution >= 0.6 is 0 Å². The topological polar surface area (TPSA) is 58.6 Å². The summed E-state index contributed by atoms with van der Waals surface area (Å²) >= 11 is 0. The van der Waals surface area contributed by atoms with Gasteiger partial charge in [0.25, 0.3) is 0 Å². The predicted molar refractivity (Wildman–Crippen MR) is 104 cm³/mol. The average Bonchev–Trinajstić information content (AvgIpc) is 3.12. The number of rotatable bonds is 5. The quantitative estimate of drug-likeness (QED) is 0.644. The fraction of sp³-hybridized carbons (Fsp3) is 0.227. The number of benzene rings is 1.